The Morgan fingerprint density at radius 2 is 1.84 bits per heavy atom. The number of ether oxygens (including phenoxy) is 2. The summed E-state index contributed by atoms with van der Waals surface area (Å²) < 4.78 is 12.8. The summed E-state index contributed by atoms with van der Waals surface area (Å²) in [6, 6.07) is 16.9. The van der Waals surface area contributed by atoms with Gasteiger partial charge >= 0.3 is 0 Å². The van der Waals surface area contributed by atoms with Crippen LogP contribution in [0.25, 0.3) is 33.4 Å². The van der Waals surface area contributed by atoms with Gasteiger partial charge in [0.2, 0.25) is 0 Å². The van der Waals surface area contributed by atoms with Crippen LogP contribution in [0.15, 0.2) is 64.3 Å². The van der Waals surface area contributed by atoms with E-state index in [-0.39, 0.29) is 5.56 Å². The van der Waals surface area contributed by atoms with Crippen LogP contribution in [0.1, 0.15) is 25.7 Å². The van der Waals surface area contributed by atoms with Crippen molar-refractivity contribution in [3.8, 4) is 34.0 Å². The maximum absolute atomic E-state index is 13.9. The molecule has 5 rings (SSSR count). The minimum absolute atomic E-state index is 0.0949. The first kappa shape index (κ1) is 26.6. The van der Waals surface area contributed by atoms with E-state index in [1.165, 1.54) is 0 Å². The molecule has 1 aliphatic rings. The first-order valence-corrected chi connectivity index (χ1v) is 13.7. The maximum atomic E-state index is 13.9. The van der Waals surface area contributed by atoms with Gasteiger partial charge in [-0.3, -0.25) is 9.36 Å². The highest BCUT2D eigenvalue weighted by Gasteiger charge is 2.24. The van der Waals surface area contributed by atoms with Crippen molar-refractivity contribution in [1.29, 1.82) is 0 Å². The minimum atomic E-state index is -0.0949. The van der Waals surface area contributed by atoms with Crippen molar-refractivity contribution in [2.75, 3.05) is 20.8 Å². The molecule has 38 heavy (non-hydrogen) atoms. The van der Waals surface area contributed by atoms with Crippen LogP contribution in [-0.2, 0) is 6.54 Å². The monoisotopic (exact) mass is 549 g/mol. The van der Waals surface area contributed by atoms with Crippen LogP contribution >= 0.6 is 24.2 Å². The molecule has 1 fully saturated rings. The van der Waals surface area contributed by atoms with E-state index in [0.29, 0.717) is 58.2 Å². The maximum Gasteiger partial charge on any atom is 0.261 e. The normalized spacial score (nSPS) is 17.5. The molecule has 198 valence electrons. The smallest absolute Gasteiger partial charge is 0.261 e. The molecule has 8 heteroatoms. The third-order valence-corrected chi connectivity index (χ3v) is 8.16. The molecular formula is C30H32ClN3O3S. The summed E-state index contributed by atoms with van der Waals surface area (Å²) >= 11 is 11.1. The van der Waals surface area contributed by atoms with Gasteiger partial charge in [-0.2, -0.15) is 0 Å². The highest BCUT2D eigenvalue weighted by atomic mass is 35.5. The lowest BCUT2D eigenvalue weighted by molar-refractivity contribution is 0.246. The number of nitrogens with zero attached hydrogens (tertiary/aromatic N) is 2. The van der Waals surface area contributed by atoms with E-state index in [1.54, 1.807) is 32.4 Å². The standard InChI is InChI=1S/C30H32ClN3O3S/c1-36-22-8-9-23(27(15-22)37-2)20-6-11-28(38)25(13-20)29-33-26-10-7-21(31)14-24(26)30(35)34(29)17-19-5-3-4-18(12-19)16-32/h6-11,13-15,18-19,38H,3-5,12,16-17,32H2,1-2H3. The third-order valence-electron chi connectivity index (χ3n) is 7.54. The molecule has 1 aromatic heterocycles. The van der Waals surface area contributed by atoms with Gasteiger partial charge in [0.15, 0.2) is 0 Å². The van der Waals surface area contributed by atoms with E-state index >= 15 is 0 Å². The molecule has 0 aliphatic heterocycles. The molecule has 4 aromatic rings. The molecule has 2 unspecified atom stereocenters. The Morgan fingerprint density at radius 3 is 2.61 bits per heavy atom. The van der Waals surface area contributed by atoms with Gasteiger partial charge in [0.05, 0.1) is 25.1 Å². The van der Waals surface area contributed by atoms with Crippen LogP contribution in [-0.4, -0.2) is 30.3 Å². The molecule has 1 saturated carbocycles. The number of halogens is 1. The summed E-state index contributed by atoms with van der Waals surface area (Å²) in [5, 5.41) is 1.03. The van der Waals surface area contributed by atoms with Gasteiger partial charge in [-0.15, -0.1) is 12.6 Å². The summed E-state index contributed by atoms with van der Waals surface area (Å²) in [6.07, 6.45) is 4.33. The van der Waals surface area contributed by atoms with Crippen LogP contribution in [0, 0.1) is 11.8 Å². The molecule has 0 spiro atoms. The quantitative estimate of drug-likeness (QED) is 0.259. The summed E-state index contributed by atoms with van der Waals surface area (Å²) in [4.78, 5) is 19.6. The van der Waals surface area contributed by atoms with E-state index in [2.05, 4.69) is 0 Å². The average Bonchev–Trinajstić information content (AvgIpc) is 2.95. The molecule has 2 N–H and O–H groups in total. The molecule has 3 aromatic carbocycles. The Bertz CT molecular complexity index is 1540. The Morgan fingerprint density at radius 1 is 1.03 bits per heavy atom. The number of aromatic nitrogens is 2. The topological polar surface area (TPSA) is 79.4 Å². The van der Waals surface area contributed by atoms with Crippen LogP contribution in [0.3, 0.4) is 0 Å². The van der Waals surface area contributed by atoms with Gasteiger partial charge in [-0.05, 0) is 85.7 Å². The zero-order valence-corrected chi connectivity index (χ0v) is 23.3. The second-order valence-corrected chi connectivity index (χ2v) is 10.9. The lowest BCUT2D eigenvalue weighted by Crippen LogP contribution is -2.30. The SMILES string of the molecule is COc1ccc(-c2ccc(S)c(-c3nc4ccc(Cl)cc4c(=O)n3CC3CCCC(CN)C3)c2)c(OC)c1. The van der Waals surface area contributed by atoms with Crippen molar-refractivity contribution < 1.29 is 9.47 Å². The molecule has 0 saturated heterocycles. The zero-order valence-electron chi connectivity index (χ0n) is 21.6. The summed E-state index contributed by atoms with van der Waals surface area (Å²) in [5.41, 5.74) is 9.13. The molecule has 6 nitrogen and oxygen atoms in total. The van der Waals surface area contributed by atoms with E-state index in [1.807, 2.05) is 41.0 Å². The average molecular weight is 550 g/mol. The predicted molar refractivity (Wildman–Crippen MR) is 157 cm³/mol. The van der Waals surface area contributed by atoms with Gasteiger partial charge in [0.1, 0.15) is 17.3 Å². The predicted octanol–water partition coefficient (Wildman–Crippen LogP) is 6.45. The van der Waals surface area contributed by atoms with E-state index in [9.17, 15) is 4.79 Å². The summed E-state index contributed by atoms with van der Waals surface area (Å²) in [6.45, 7) is 1.25. The van der Waals surface area contributed by atoms with Crippen LogP contribution in [0.2, 0.25) is 5.02 Å². The minimum Gasteiger partial charge on any atom is -0.497 e. The Kier molecular flexibility index (Phi) is 7.98. The molecule has 2 atom stereocenters. The van der Waals surface area contributed by atoms with E-state index in [0.717, 1.165) is 47.3 Å². The number of hydrogen-bond donors (Lipinski definition) is 2. The molecule has 1 heterocycles. The number of thiol groups is 1. The highest BCUT2D eigenvalue weighted by Crippen LogP contribution is 2.38. The van der Waals surface area contributed by atoms with Crippen molar-refractivity contribution in [3.63, 3.8) is 0 Å². The fourth-order valence-electron chi connectivity index (χ4n) is 5.53. The van der Waals surface area contributed by atoms with Gasteiger partial charge < -0.3 is 15.2 Å². The first-order valence-electron chi connectivity index (χ1n) is 12.9. The van der Waals surface area contributed by atoms with E-state index < -0.39 is 0 Å². The second-order valence-electron chi connectivity index (χ2n) is 9.95. The van der Waals surface area contributed by atoms with Crippen LogP contribution in [0.5, 0.6) is 11.5 Å². The van der Waals surface area contributed by atoms with Crippen molar-refractivity contribution >= 4 is 35.1 Å². The fraction of sp³-hybridized carbons (Fsp3) is 0.333. The largest absolute Gasteiger partial charge is 0.497 e. The third kappa shape index (κ3) is 5.28. The highest BCUT2D eigenvalue weighted by molar-refractivity contribution is 7.80. The molecule has 1 aliphatic carbocycles. The zero-order chi connectivity index (χ0) is 26.8. The molecule has 0 amide bonds. The van der Waals surface area contributed by atoms with Crippen LogP contribution < -0.4 is 20.8 Å². The number of methoxy groups -OCH3 is 2. The lowest BCUT2D eigenvalue weighted by Gasteiger charge is -2.29. The van der Waals surface area contributed by atoms with Gasteiger partial charge in [0, 0.05) is 33.7 Å². The molecular weight excluding hydrogens is 518 g/mol. The number of rotatable bonds is 7. The van der Waals surface area contributed by atoms with Gasteiger partial charge in [0.25, 0.3) is 5.56 Å². The number of hydrogen-bond acceptors (Lipinski definition) is 6. The Labute approximate surface area is 233 Å². The fourth-order valence-corrected chi connectivity index (χ4v) is 5.94. The van der Waals surface area contributed by atoms with Crippen molar-refractivity contribution in [2.45, 2.75) is 37.1 Å². The summed E-state index contributed by atoms with van der Waals surface area (Å²) in [7, 11) is 3.26. The number of benzene rings is 3. The van der Waals surface area contributed by atoms with Crippen molar-refractivity contribution in [3.05, 3.63) is 70.0 Å². The summed E-state index contributed by atoms with van der Waals surface area (Å²) in [5.74, 6) is 2.83. The van der Waals surface area contributed by atoms with Gasteiger partial charge in [-0.25, -0.2) is 4.98 Å². The first-order chi connectivity index (χ1) is 18.4. The lowest BCUT2D eigenvalue weighted by atomic mass is 9.81. The Balaban J connectivity index is 1.68. The van der Waals surface area contributed by atoms with Gasteiger partial charge in [-0.1, -0.05) is 24.1 Å². The van der Waals surface area contributed by atoms with E-state index in [4.69, 9.17) is 44.4 Å². The number of fused-ring (bicyclic) bond motifs is 1. The van der Waals surface area contributed by atoms with Crippen LogP contribution in [0.4, 0.5) is 0 Å². The molecule has 0 radical (unpaired) electrons. The van der Waals surface area contributed by atoms with Crippen molar-refractivity contribution in [2.24, 2.45) is 17.6 Å². The van der Waals surface area contributed by atoms with Crippen molar-refractivity contribution in [1.82, 2.24) is 9.55 Å². The second kappa shape index (κ2) is 11.4. The Hall–Kier alpha value is -3.00. The molecule has 0 bridgehead atoms. The number of nitrogens with two attached hydrogens (primary N) is 1.